The van der Waals surface area contributed by atoms with E-state index in [1.165, 1.54) is 12.3 Å². The highest BCUT2D eigenvalue weighted by Gasteiger charge is 2.23. The lowest BCUT2D eigenvalue weighted by atomic mass is 10.2. The molecule has 1 aromatic carbocycles. The molecular weight excluding hydrogens is 380 g/mol. The summed E-state index contributed by atoms with van der Waals surface area (Å²) in [5, 5.41) is 2.75. The van der Waals surface area contributed by atoms with Gasteiger partial charge < -0.3 is 15.2 Å². The topological polar surface area (TPSA) is 111 Å². The van der Waals surface area contributed by atoms with E-state index in [1.54, 1.807) is 4.90 Å². The molecule has 2 heterocycles. The number of rotatable bonds is 8. The Bertz CT molecular complexity index is 918. The zero-order valence-corrected chi connectivity index (χ0v) is 16.3. The van der Waals surface area contributed by atoms with Gasteiger partial charge in [-0.3, -0.25) is 9.59 Å². The molecule has 3 N–H and O–H groups in total. The molecular formula is C19H24N4O4S. The van der Waals surface area contributed by atoms with E-state index in [-0.39, 0.29) is 35.4 Å². The Morgan fingerprint density at radius 3 is 2.54 bits per heavy atom. The first-order valence-electron chi connectivity index (χ1n) is 9.24. The molecule has 0 unspecified atom stereocenters. The number of carbonyl (C=O) groups excluding carboxylic acids is 2. The molecule has 3 rings (SSSR count). The van der Waals surface area contributed by atoms with Gasteiger partial charge in [0.2, 0.25) is 15.9 Å². The van der Waals surface area contributed by atoms with Gasteiger partial charge in [0.1, 0.15) is 10.6 Å². The molecule has 2 amide bonds. The van der Waals surface area contributed by atoms with Gasteiger partial charge in [0.15, 0.2) is 0 Å². The third kappa shape index (κ3) is 5.20. The standard InChI is InChI=1S/C19H24N4O4S/c24-18(21-13-15-6-2-1-3-7-15)8-9-22-28(26,27)16-12-17(20-14-16)19(25)23-10-4-5-11-23/h1-3,6-7,12,14,20,22H,4-5,8-11,13H2,(H,21,24). The van der Waals surface area contributed by atoms with Crippen molar-refractivity contribution in [2.24, 2.45) is 0 Å². The number of benzene rings is 1. The molecule has 0 aliphatic carbocycles. The number of H-pyrrole nitrogens is 1. The van der Waals surface area contributed by atoms with Crippen LogP contribution in [0.15, 0.2) is 47.5 Å². The fourth-order valence-electron chi connectivity index (χ4n) is 3.01. The molecule has 9 heteroatoms. The Morgan fingerprint density at radius 1 is 1.11 bits per heavy atom. The third-order valence-corrected chi connectivity index (χ3v) is 6.01. The van der Waals surface area contributed by atoms with Crippen LogP contribution in [0, 0.1) is 0 Å². The average Bonchev–Trinajstić information content (AvgIpc) is 3.39. The van der Waals surface area contributed by atoms with Crippen molar-refractivity contribution in [2.45, 2.75) is 30.7 Å². The molecule has 0 spiro atoms. The highest BCUT2D eigenvalue weighted by Crippen LogP contribution is 2.15. The molecule has 0 atom stereocenters. The Balaban J connectivity index is 1.47. The summed E-state index contributed by atoms with van der Waals surface area (Å²) < 4.78 is 27.1. The molecule has 0 radical (unpaired) electrons. The minimum Gasteiger partial charge on any atom is -0.356 e. The van der Waals surface area contributed by atoms with Crippen molar-refractivity contribution in [3.8, 4) is 0 Å². The van der Waals surface area contributed by atoms with Crippen LogP contribution in [0.5, 0.6) is 0 Å². The van der Waals surface area contributed by atoms with Gasteiger partial charge in [0.25, 0.3) is 5.91 Å². The van der Waals surface area contributed by atoms with E-state index in [4.69, 9.17) is 0 Å². The quantitative estimate of drug-likeness (QED) is 0.614. The second kappa shape index (κ2) is 9.03. The van der Waals surface area contributed by atoms with E-state index in [9.17, 15) is 18.0 Å². The highest BCUT2D eigenvalue weighted by molar-refractivity contribution is 7.89. The van der Waals surface area contributed by atoms with Crippen LogP contribution < -0.4 is 10.0 Å². The molecule has 0 saturated carbocycles. The second-order valence-corrected chi connectivity index (χ2v) is 8.43. The van der Waals surface area contributed by atoms with Crippen LogP contribution in [0.1, 0.15) is 35.3 Å². The molecule has 1 fully saturated rings. The number of carbonyl (C=O) groups is 2. The lowest BCUT2D eigenvalue weighted by Gasteiger charge is -2.13. The van der Waals surface area contributed by atoms with E-state index in [0.29, 0.717) is 19.6 Å². The molecule has 150 valence electrons. The molecule has 28 heavy (non-hydrogen) atoms. The van der Waals surface area contributed by atoms with Crippen molar-refractivity contribution < 1.29 is 18.0 Å². The number of nitrogens with one attached hydrogen (secondary N) is 3. The molecule has 0 bridgehead atoms. The number of amides is 2. The lowest BCUT2D eigenvalue weighted by molar-refractivity contribution is -0.121. The Kier molecular flexibility index (Phi) is 6.48. The normalized spacial score (nSPS) is 14.2. The smallest absolute Gasteiger partial charge is 0.270 e. The lowest BCUT2D eigenvalue weighted by Crippen LogP contribution is -2.30. The summed E-state index contributed by atoms with van der Waals surface area (Å²) in [6.07, 6.45) is 3.24. The van der Waals surface area contributed by atoms with Gasteiger partial charge >= 0.3 is 0 Å². The Morgan fingerprint density at radius 2 is 1.82 bits per heavy atom. The minimum absolute atomic E-state index is 0.0141. The van der Waals surface area contributed by atoms with E-state index >= 15 is 0 Å². The van der Waals surface area contributed by atoms with Gasteiger partial charge in [-0.2, -0.15) is 0 Å². The first kappa shape index (κ1) is 20.1. The van der Waals surface area contributed by atoms with E-state index in [2.05, 4.69) is 15.0 Å². The van der Waals surface area contributed by atoms with E-state index in [1.807, 2.05) is 30.3 Å². The monoisotopic (exact) mass is 404 g/mol. The first-order chi connectivity index (χ1) is 13.5. The van der Waals surface area contributed by atoms with Gasteiger partial charge in [-0.25, -0.2) is 13.1 Å². The van der Waals surface area contributed by atoms with Crippen LogP contribution in [0.4, 0.5) is 0 Å². The molecule has 1 aromatic heterocycles. The number of hydrogen-bond donors (Lipinski definition) is 3. The average molecular weight is 404 g/mol. The van der Waals surface area contributed by atoms with Crippen molar-refractivity contribution in [1.82, 2.24) is 19.9 Å². The summed E-state index contributed by atoms with van der Waals surface area (Å²) in [5.41, 5.74) is 1.22. The summed E-state index contributed by atoms with van der Waals surface area (Å²) in [7, 11) is -3.79. The summed E-state index contributed by atoms with van der Waals surface area (Å²) >= 11 is 0. The maximum atomic E-state index is 12.4. The molecule has 1 aliphatic heterocycles. The largest absolute Gasteiger partial charge is 0.356 e. The van der Waals surface area contributed by atoms with Crippen molar-refractivity contribution >= 4 is 21.8 Å². The third-order valence-electron chi connectivity index (χ3n) is 4.57. The summed E-state index contributed by atoms with van der Waals surface area (Å²) in [6, 6.07) is 10.8. The number of sulfonamides is 1. The van der Waals surface area contributed by atoms with Crippen molar-refractivity contribution in [1.29, 1.82) is 0 Å². The van der Waals surface area contributed by atoms with Gasteiger partial charge in [0, 0.05) is 38.8 Å². The van der Waals surface area contributed by atoms with Crippen molar-refractivity contribution in [2.75, 3.05) is 19.6 Å². The van der Waals surface area contributed by atoms with E-state index in [0.717, 1.165) is 18.4 Å². The number of aromatic amines is 1. The zero-order chi connectivity index (χ0) is 20.0. The fourth-order valence-corrected chi connectivity index (χ4v) is 4.04. The second-order valence-electron chi connectivity index (χ2n) is 6.66. The number of aromatic nitrogens is 1. The van der Waals surface area contributed by atoms with Crippen molar-refractivity contribution in [3.63, 3.8) is 0 Å². The van der Waals surface area contributed by atoms with Crippen LogP contribution in [0.2, 0.25) is 0 Å². The zero-order valence-electron chi connectivity index (χ0n) is 15.5. The maximum Gasteiger partial charge on any atom is 0.270 e. The van der Waals surface area contributed by atoms with Crippen LogP contribution in [0.3, 0.4) is 0 Å². The summed E-state index contributed by atoms with van der Waals surface area (Å²) in [4.78, 5) is 28.6. The molecule has 1 aliphatic rings. The van der Waals surface area contributed by atoms with Crippen molar-refractivity contribution in [3.05, 3.63) is 53.9 Å². The van der Waals surface area contributed by atoms with Gasteiger partial charge in [0.05, 0.1) is 0 Å². The van der Waals surface area contributed by atoms with Gasteiger partial charge in [-0.1, -0.05) is 30.3 Å². The van der Waals surface area contributed by atoms with Crippen LogP contribution >= 0.6 is 0 Å². The fraction of sp³-hybridized carbons (Fsp3) is 0.368. The minimum atomic E-state index is -3.79. The SMILES string of the molecule is O=C(CCNS(=O)(=O)c1c[nH]c(C(=O)N2CCCC2)c1)NCc1ccccc1. The van der Waals surface area contributed by atoms with Crippen LogP contribution in [-0.2, 0) is 21.4 Å². The Hall–Kier alpha value is -2.65. The Labute approximate surface area is 164 Å². The molecule has 2 aromatic rings. The van der Waals surface area contributed by atoms with Gasteiger partial charge in [-0.15, -0.1) is 0 Å². The summed E-state index contributed by atoms with van der Waals surface area (Å²) in [6.45, 7) is 1.75. The molecule has 8 nitrogen and oxygen atoms in total. The van der Waals surface area contributed by atoms with Crippen LogP contribution in [0.25, 0.3) is 0 Å². The number of hydrogen-bond acceptors (Lipinski definition) is 4. The predicted octanol–water partition coefficient (Wildman–Crippen LogP) is 1.24. The predicted molar refractivity (Wildman–Crippen MR) is 104 cm³/mol. The summed E-state index contributed by atoms with van der Waals surface area (Å²) in [5.74, 6) is -0.440. The molecule has 1 saturated heterocycles. The highest BCUT2D eigenvalue weighted by atomic mass is 32.2. The van der Waals surface area contributed by atoms with Crippen LogP contribution in [-0.4, -0.2) is 49.8 Å². The van der Waals surface area contributed by atoms with Gasteiger partial charge in [-0.05, 0) is 24.5 Å². The van der Waals surface area contributed by atoms with E-state index < -0.39 is 10.0 Å². The number of nitrogens with zero attached hydrogens (tertiary/aromatic N) is 1. The maximum absolute atomic E-state index is 12.4. The number of likely N-dealkylation sites (tertiary alicyclic amines) is 1. The first-order valence-corrected chi connectivity index (χ1v) is 10.7.